The van der Waals surface area contributed by atoms with Crippen LogP contribution in [0.2, 0.25) is 50.2 Å². The molecule has 0 aromatic heterocycles. The quantitative estimate of drug-likeness (QED) is 0.146. The number of ketones is 7. The molecule has 0 radical (unpaired) electrons. The van der Waals surface area contributed by atoms with Gasteiger partial charge in [0.15, 0.2) is 40.5 Å². The molecule has 7 aromatic rings. The van der Waals surface area contributed by atoms with Gasteiger partial charge in [-0.25, -0.2) is 0 Å². The molecule has 0 atom stereocenters. The van der Waals surface area contributed by atoms with Crippen molar-refractivity contribution in [1.82, 2.24) is 0 Å². The molecule has 0 bridgehead atoms. The first kappa shape index (κ1) is 92.3. The maximum Gasteiger partial charge on any atom is 0.162 e. The van der Waals surface area contributed by atoms with Crippen LogP contribution in [0, 0.1) is 48.5 Å². The third kappa shape index (κ3) is 31.3. The molecule has 0 fully saturated rings. The van der Waals surface area contributed by atoms with E-state index in [1.54, 1.807) is 79.7 Å². The largest absolute Gasteiger partial charge is 0.295 e. The van der Waals surface area contributed by atoms with Crippen LogP contribution in [0.4, 0.5) is 0 Å². The molecular formula is C69H84Cl10O7. The zero-order valence-corrected chi connectivity index (χ0v) is 54.1. The minimum absolute atomic E-state index is 0. The zero-order valence-electron chi connectivity index (χ0n) is 46.5. The lowest BCUT2D eigenvalue weighted by molar-refractivity contribution is 0.100. The smallest absolute Gasteiger partial charge is 0.162 e. The number of Topliss-reactive ketones (excluding diaryl/α,β-unsaturated/α-hetero) is 7. The topological polar surface area (TPSA) is 119 Å². The van der Waals surface area contributed by atoms with Crippen LogP contribution >= 0.6 is 116 Å². The van der Waals surface area contributed by atoms with Crippen LogP contribution in [0.5, 0.6) is 0 Å². The summed E-state index contributed by atoms with van der Waals surface area (Å²) >= 11 is 58.2. The van der Waals surface area contributed by atoms with Gasteiger partial charge in [-0.3, -0.25) is 33.6 Å². The molecule has 0 saturated carbocycles. The molecular weight excluding hydrogens is 1300 g/mol. The summed E-state index contributed by atoms with van der Waals surface area (Å²) in [5.74, 6) is -0.0884. The van der Waals surface area contributed by atoms with Gasteiger partial charge in [0.2, 0.25) is 0 Å². The Labute approximate surface area is 564 Å². The van der Waals surface area contributed by atoms with E-state index in [9.17, 15) is 33.6 Å². The van der Waals surface area contributed by atoms with Crippen molar-refractivity contribution in [1.29, 1.82) is 0 Å². The Bertz CT molecular complexity index is 3350. The predicted molar refractivity (Wildman–Crippen MR) is 379 cm³/mol. The van der Waals surface area contributed by atoms with E-state index in [1.807, 2.05) is 84.9 Å². The van der Waals surface area contributed by atoms with Gasteiger partial charge in [0, 0.05) is 53.5 Å². The van der Waals surface area contributed by atoms with Crippen molar-refractivity contribution in [3.63, 3.8) is 0 Å². The van der Waals surface area contributed by atoms with Crippen LogP contribution in [-0.2, 0) is 0 Å². The minimum Gasteiger partial charge on any atom is -0.295 e. The molecule has 86 heavy (non-hydrogen) atoms. The first-order valence-electron chi connectivity index (χ1n) is 24.0. The van der Waals surface area contributed by atoms with E-state index < -0.39 is 0 Å². The van der Waals surface area contributed by atoms with Gasteiger partial charge in [-0.15, -0.1) is 0 Å². The molecule has 0 spiro atoms. The Morgan fingerprint density at radius 1 is 0.256 bits per heavy atom. The van der Waals surface area contributed by atoms with Gasteiger partial charge in [-0.05, 0) is 191 Å². The number of hydrogen-bond acceptors (Lipinski definition) is 7. The summed E-state index contributed by atoms with van der Waals surface area (Å²) in [4.78, 5) is 76.4. The molecule has 17 heteroatoms. The molecule has 0 aliphatic heterocycles. The summed E-state index contributed by atoms with van der Waals surface area (Å²) in [7, 11) is 0. The van der Waals surface area contributed by atoms with Gasteiger partial charge in [-0.2, -0.15) is 0 Å². The van der Waals surface area contributed by atoms with Gasteiger partial charge >= 0.3 is 0 Å². The van der Waals surface area contributed by atoms with Crippen molar-refractivity contribution in [3.8, 4) is 0 Å². The van der Waals surface area contributed by atoms with Gasteiger partial charge < -0.3 is 0 Å². The van der Waals surface area contributed by atoms with Crippen molar-refractivity contribution in [2.24, 2.45) is 0 Å². The van der Waals surface area contributed by atoms with Crippen molar-refractivity contribution in [2.45, 2.75) is 141 Å². The lowest BCUT2D eigenvalue weighted by atomic mass is 10.1. The number of halogens is 10. The highest BCUT2D eigenvalue weighted by Gasteiger charge is 2.13. The molecule has 0 amide bonds. The van der Waals surface area contributed by atoms with Crippen molar-refractivity contribution in [3.05, 3.63) is 237 Å². The molecule has 472 valence electrons. The third-order valence-electron chi connectivity index (χ3n) is 11.0. The number of carbonyl (C=O) groups excluding carboxylic acids is 7. The summed E-state index contributed by atoms with van der Waals surface area (Å²) < 4.78 is 0. The second kappa shape index (κ2) is 44.5. The average molecular weight is 1380 g/mol. The van der Waals surface area contributed by atoms with Crippen LogP contribution in [-0.4, -0.2) is 40.5 Å². The summed E-state index contributed by atoms with van der Waals surface area (Å²) in [5.41, 5.74) is 10.7. The monoisotopic (exact) mass is 1370 g/mol. The highest BCUT2D eigenvalue weighted by Crippen LogP contribution is 2.30. The minimum atomic E-state index is -0.106. The Balaban J connectivity index is -0.000000215. The first-order chi connectivity index (χ1) is 37.0. The molecule has 0 aliphatic carbocycles. The molecule has 0 saturated heterocycles. The highest BCUT2D eigenvalue weighted by molar-refractivity contribution is 6.44. The lowest BCUT2D eigenvalue weighted by Crippen LogP contribution is -1.95. The number of hydrogen-bond donors (Lipinski definition) is 0. The highest BCUT2D eigenvalue weighted by atomic mass is 35.5. The molecule has 7 aromatic carbocycles. The number of aryl methyl sites for hydroxylation is 6. The second-order valence-electron chi connectivity index (χ2n) is 18.0. The van der Waals surface area contributed by atoms with Gasteiger partial charge in [0.05, 0.1) is 35.7 Å². The lowest BCUT2D eigenvalue weighted by Gasteiger charge is -2.03. The van der Waals surface area contributed by atoms with E-state index in [1.165, 1.54) is 47.1 Å². The summed E-state index contributed by atoms with van der Waals surface area (Å²) in [6, 6.07) is 31.8. The Morgan fingerprint density at radius 3 is 1.01 bits per heavy atom. The summed E-state index contributed by atoms with van der Waals surface area (Å²) in [6.07, 6.45) is 0. The maximum atomic E-state index is 11.0. The number of carbonyl (C=O) groups is 7. The van der Waals surface area contributed by atoms with Gasteiger partial charge in [0.25, 0.3) is 0 Å². The van der Waals surface area contributed by atoms with E-state index >= 15 is 0 Å². The molecule has 7 rings (SSSR count). The molecule has 7 nitrogen and oxygen atoms in total. The SMILES string of the molecule is C.C.C.C.C.C.CC(=O)c1c(Cl)cc(C)cc1Cl.CC(=O)c1cc(Cl)c(C)c(Cl)c1.CC(=O)c1cc(Cl)c(C)cc1Cl.CC(=O)c1ccc(C)c(Cl)c1.CC(=O)c1ccc(C)c(Cl)c1Cl.CC(=O)c1ccc(C)cc1.CC(=O)c1ccc(C)cc1Cl. The maximum absolute atomic E-state index is 11.0. The molecule has 0 aliphatic rings. The van der Waals surface area contributed by atoms with Crippen LogP contribution < -0.4 is 0 Å². The van der Waals surface area contributed by atoms with E-state index in [-0.39, 0.29) is 85.0 Å². The number of benzene rings is 7. The fourth-order valence-corrected chi connectivity index (χ4v) is 9.15. The van der Waals surface area contributed by atoms with Crippen LogP contribution in [0.25, 0.3) is 0 Å². The van der Waals surface area contributed by atoms with Crippen molar-refractivity contribution in [2.75, 3.05) is 0 Å². The van der Waals surface area contributed by atoms with Crippen molar-refractivity contribution >= 4 is 156 Å². The van der Waals surface area contributed by atoms with Crippen LogP contribution in [0.3, 0.4) is 0 Å². The first-order valence-corrected chi connectivity index (χ1v) is 27.8. The predicted octanol–water partition coefficient (Wildman–Crippen LogP) is 25.7. The van der Waals surface area contributed by atoms with E-state index in [4.69, 9.17) is 116 Å². The fourth-order valence-electron chi connectivity index (χ4n) is 6.22. The Hall–Kier alpha value is -4.87. The molecule has 0 N–H and O–H groups in total. The Morgan fingerprint density at radius 2 is 0.616 bits per heavy atom. The van der Waals surface area contributed by atoms with Crippen molar-refractivity contribution < 1.29 is 33.6 Å². The number of rotatable bonds is 7. The van der Waals surface area contributed by atoms with E-state index in [2.05, 4.69) is 0 Å². The second-order valence-corrected chi connectivity index (χ2v) is 22.0. The Kier molecular flexibility index (Phi) is 47.8. The fraction of sp³-hybridized carbons (Fsp3) is 0.290. The standard InChI is InChI=1S/4C9H8Cl2O.2C9H9ClO.C9H10O.6CH4/c1-5-8(10)3-7(6(2)12)4-9(5)11;1-5-3-9(11)7(6(2)12)4-8(5)10;1-5-3-7(10)9(6(2)12)8(11)4-5;1-5-3-4-7(6(2)12)9(11)8(5)10;1-6-3-4-8(7(2)11)5-9(6)10;1-6-3-4-8(7(2)11)9(10)5-6;1-7-3-5-9(6-4-7)8(2)10;;;;;;/h4*3-4H,1-2H3;2*3-5H,1-2H3;3-6H,1-2H3;6*1H4. The van der Waals surface area contributed by atoms with E-state index in [0.29, 0.717) is 83.6 Å². The summed E-state index contributed by atoms with van der Waals surface area (Å²) in [6.45, 7) is 23.7. The summed E-state index contributed by atoms with van der Waals surface area (Å²) in [5, 5.41) is 4.96. The molecule has 0 heterocycles. The van der Waals surface area contributed by atoms with Crippen LogP contribution in [0.1, 0.15) is 204 Å². The van der Waals surface area contributed by atoms with Crippen LogP contribution in [0.15, 0.2) is 109 Å². The van der Waals surface area contributed by atoms with Gasteiger partial charge in [-0.1, -0.05) is 215 Å². The van der Waals surface area contributed by atoms with Gasteiger partial charge in [0.1, 0.15) is 0 Å². The normalized spacial score (nSPS) is 9.16. The average Bonchev–Trinajstić information content (AvgIpc) is 3.39. The zero-order chi connectivity index (χ0) is 61.6. The third-order valence-corrected chi connectivity index (χ3v) is 14.8. The van der Waals surface area contributed by atoms with E-state index in [0.717, 1.165) is 38.9 Å². The molecule has 0 unspecified atom stereocenters.